The Bertz CT molecular complexity index is 1420. The van der Waals surface area contributed by atoms with Crippen LogP contribution in [0.15, 0.2) is 102 Å². The van der Waals surface area contributed by atoms with Gasteiger partial charge in [0.25, 0.3) is 15.9 Å². The molecule has 166 valence electrons. The number of rotatable bonds is 6. The van der Waals surface area contributed by atoms with E-state index in [-0.39, 0.29) is 15.5 Å². The number of carbonyl (C=O) groups excluding carboxylic acids is 1. The van der Waals surface area contributed by atoms with Gasteiger partial charge < -0.3 is 5.32 Å². The lowest BCUT2D eigenvalue weighted by molar-refractivity contribution is 0.102. The van der Waals surface area contributed by atoms with Gasteiger partial charge in [0, 0.05) is 22.5 Å². The number of amides is 1. The predicted octanol–water partition coefficient (Wildman–Crippen LogP) is 6.37. The van der Waals surface area contributed by atoms with Crippen molar-refractivity contribution >= 4 is 38.9 Å². The van der Waals surface area contributed by atoms with Gasteiger partial charge in [-0.2, -0.15) is 0 Å². The molecule has 0 spiro atoms. The zero-order valence-electron chi connectivity index (χ0n) is 17.7. The van der Waals surface area contributed by atoms with Crippen LogP contribution in [-0.2, 0) is 10.0 Å². The minimum atomic E-state index is -4.00. The summed E-state index contributed by atoms with van der Waals surface area (Å²) in [4.78, 5) is 12.9. The Morgan fingerprint density at radius 3 is 2.30 bits per heavy atom. The molecule has 0 unspecified atom stereocenters. The van der Waals surface area contributed by atoms with Crippen LogP contribution in [0, 0.1) is 6.92 Å². The summed E-state index contributed by atoms with van der Waals surface area (Å²) in [7, 11) is -4.00. The van der Waals surface area contributed by atoms with E-state index in [0.29, 0.717) is 11.4 Å². The quantitative estimate of drug-likeness (QED) is 0.339. The largest absolute Gasteiger partial charge is 0.321 e. The Balaban J connectivity index is 1.63. The number of halogens is 1. The van der Waals surface area contributed by atoms with Gasteiger partial charge in [-0.3, -0.25) is 9.52 Å². The number of anilines is 2. The van der Waals surface area contributed by atoms with Gasteiger partial charge in [-0.05, 0) is 54.4 Å². The summed E-state index contributed by atoms with van der Waals surface area (Å²) in [6.07, 6.45) is 0. The van der Waals surface area contributed by atoms with Crippen molar-refractivity contribution in [1.29, 1.82) is 0 Å². The minimum absolute atomic E-state index is 0.0244. The normalized spacial score (nSPS) is 11.1. The SMILES string of the molecule is Cc1cccc(NS(=O)(=O)c2cc(C(=O)Nc3ccccc3-c3ccccc3)ccc2Cl)c1. The van der Waals surface area contributed by atoms with E-state index in [4.69, 9.17) is 11.6 Å². The highest BCUT2D eigenvalue weighted by Crippen LogP contribution is 2.29. The molecule has 0 fully saturated rings. The maximum atomic E-state index is 13.0. The molecule has 0 aliphatic heterocycles. The molecule has 4 aromatic carbocycles. The fourth-order valence-electron chi connectivity index (χ4n) is 3.43. The average molecular weight is 477 g/mol. The van der Waals surface area contributed by atoms with Crippen molar-refractivity contribution in [3.63, 3.8) is 0 Å². The van der Waals surface area contributed by atoms with E-state index in [1.54, 1.807) is 24.3 Å². The molecule has 0 aliphatic rings. The summed E-state index contributed by atoms with van der Waals surface area (Å²) >= 11 is 6.20. The van der Waals surface area contributed by atoms with Crippen molar-refractivity contribution < 1.29 is 13.2 Å². The van der Waals surface area contributed by atoms with Crippen LogP contribution in [0.1, 0.15) is 15.9 Å². The van der Waals surface area contributed by atoms with Gasteiger partial charge in [0.2, 0.25) is 0 Å². The van der Waals surface area contributed by atoms with Gasteiger partial charge in [-0.1, -0.05) is 72.3 Å². The molecule has 4 aromatic rings. The number of para-hydroxylation sites is 1. The fraction of sp³-hybridized carbons (Fsp3) is 0.0385. The van der Waals surface area contributed by atoms with Gasteiger partial charge in [0.1, 0.15) is 4.90 Å². The van der Waals surface area contributed by atoms with Crippen LogP contribution >= 0.6 is 11.6 Å². The Kier molecular flexibility index (Phi) is 6.49. The third-order valence-corrected chi connectivity index (χ3v) is 6.88. The third-order valence-electron chi connectivity index (χ3n) is 5.01. The molecule has 1 amide bonds. The molecule has 33 heavy (non-hydrogen) atoms. The number of aryl methyl sites for hydroxylation is 1. The molecule has 4 rings (SSSR count). The molecular weight excluding hydrogens is 456 g/mol. The molecule has 0 saturated carbocycles. The number of nitrogens with one attached hydrogen (secondary N) is 2. The van der Waals surface area contributed by atoms with Gasteiger partial charge >= 0.3 is 0 Å². The van der Waals surface area contributed by atoms with Crippen LogP contribution in [0.4, 0.5) is 11.4 Å². The van der Waals surface area contributed by atoms with Crippen molar-refractivity contribution in [3.8, 4) is 11.1 Å². The summed E-state index contributed by atoms with van der Waals surface area (Å²) in [5.74, 6) is -0.443. The molecule has 0 bridgehead atoms. The lowest BCUT2D eigenvalue weighted by Crippen LogP contribution is -2.16. The second-order valence-electron chi connectivity index (χ2n) is 7.49. The van der Waals surface area contributed by atoms with E-state index in [1.165, 1.54) is 18.2 Å². The third kappa shape index (κ3) is 5.25. The number of hydrogen-bond donors (Lipinski definition) is 2. The zero-order valence-corrected chi connectivity index (χ0v) is 19.3. The van der Waals surface area contributed by atoms with Gasteiger partial charge in [-0.25, -0.2) is 8.42 Å². The summed E-state index contributed by atoms with van der Waals surface area (Å²) in [6, 6.07) is 28.3. The van der Waals surface area contributed by atoms with E-state index >= 15 is 0 Å². The Hall–Kier alpha value is -3.61. The maximum absolute atomic E-state index is 13.0. The van der Waals surface area contributed by atoms with E-state index in [0.717, 1.165) is 16.7 Å². The first-order chi connectivity index (χ1) is 15.8. The second kappa shape index (κ2) is 9.48. The smallest absolute Gasteiger partial charge is 0.263 e. The summed E-state index contributed by atoms with van der Waals surface area (Å²) in [5, 5.41) is 2.91. The van der Waals surface area contributed by atoms with Crippen molar-refractivity contribution in [3.05, 3.63) is 113 Å². The van der Waals surface area contributed by atoms with Crippen molar-refractivity contribution in [2.24, 2.45) is 0 Å². The number of sulfonamides is 1. The Labute approximate surface area is 198 Å². The van der Waals surface area contributed by atoms with Crippen LogP contribution in [-0.4, -0.2) is 14.3 Å². The molecular formula is C26H21ClN2O3S. The maximum Gasteiger partial charge on any atom is 0.263 e. The van der Waals surface area contributed by atoms with E-state index < -0.39 is 15.9 Å². The van der Waals surface area contributed by atoms with Crippen LogP contribution in [0.2, 0.25) is 5.02 Å². The number of benzene rings is 4. The summed E-state index contributed by atoms with van der Waals surface area (Å²) in [6.45, 7) is 1.86. The summed E-state index contributed by atoms with van der Waals surface area (Å²) in [5.41, 5.74) is 3.92. The monoisotopic (exact) mass is 476 g/mol. The first kappa shape index (κ1) is 22.6. The van der Waals surface area contributed by atoms with Crippen LogP contribution in [0.3, 0.4) is 0 Å². The molecule has 5 nitrogen and oxygen atoms in total. The van der Waals surface area contributed by atoms with E-state index in [9.17, 15) is 13.2 Å². The Morgan fingerprint density at radius 2 is 1.55 bits per heavy atom. The molecule has 0 aliphatic carbocycles. The van der Waals surface area contributed by atoms with Gasteiger partial charge in [-0.15, -0.1) is 0 Å². The molecule has 0 radical (unpaired) electrons. The van der Waals surface area contributed by atoms with Crippen molar-refractivity contribution in [1.82, 2.24) is 0 Å². The highest BCUT2D eigenvalue weighted by atomic mass is 35.5. The summed E-state index contributed by atoms with van der Waals surface area (Å²) < 4.78 is 28.5. The second-order valence-corrected chi connectivity index (χ2v) is 9.54. The molecule has 0 heterocycles. The van der Waals surface area contributed by atoms with E-state index in [2.05, 4.69) is 10.0 Å². The van der Waals surface area contributed by atoms with Crippen molar-refractivity contribution in [2.45, 2.75) is 11.8 Å². The Morgan fingerprint density at radius 1 is 0.818 bits per heavy atom. The molecule has 7 heteroatoms. The molecule has 0 saturated heterocycles. The van der Waals surface area contributed by atoms with Gasteiger partial charge in [0.15, 0.2) is 0 Å². The van der Waals surface area contributed by atoms with Crippen LogP contribution < -0.4 is 10.0 Å². The molecule has 0 atom stereocenters. The molecule has 2 N–H and O–H groups in total. The first-order valence-electron chi connectivity index (χ1n) is 10.2. The fourth-order valence-corrected chi connectivity index (χ4v) is 5.00. The average Bonchev–Trinajstić information content (AvgIpc) is 2.80. The van der Waals surface area contributed by atoms with Crippen LogP contribution in [0.5, 0.6) is 0 Å². The number of carbonyl (C=O) groups is 1. The molecule has 0 aromatic heterocycles. The van der Waals surface area contributed by atoms with Crippen molar-refractivity contribution in [2.75, 3.05) is 10.0 Å². The highest BCUT2D eigenvalue weighted by molar-refractivity contribution is 7.92. The first-order valence-corrected chi connectivity index (χ1v) is 12.0. The van der Waals surface area contributed by atoms with Crippen LogP contribution in [0.25, 0.3) is 11.1 Å². The highest BCUT2D eigenvalue weighted by Gasteiger charge is 2.21. The minimum Gasteiger partial charge on any atom is -0.321 e. The zero-order chi connectivity index (χ0) is 23.4. The van der Waals surface area contributed by atoms with E-state index in [1.807, 2.05) is 61.5 Å². The number of hydrogen-bond acceptors (Lipinski definition) is 3. The topological polar surface area (TPSA) is 75.3 Å². The predicted molar refractivity (Wildman–Crippen MR) is 133 cm³/mol. The lowest BCUT2D eigenvalue weighted by Gasteiger charge is -2.13. The lowest BCUT2D eigenvalue weighted by atomic mass is 10.0. The standard InChI is InChI=1S/C26H21ClN2O3S/c1-18-8-7-11-21(16-18)29-33(31,32)25-17-20(14-15-23(25)27)26(30)28-24-13-6-5-12-22(24)19-9-3-2-4-10-19/h2-17,29H,1H3,(H,28,30). The van der Waals surface area contributed by atoms with Gasteiger partial charge in [0.05, 0.1) is 5.02 Å².